The van der Waals surface area contributed by atoms with Crippen molar-refractivity contribution >= 4 is 0 Å². The summed E-state index contributed by atoms with van der Waals surface area (Å²) < 4.78 is 1.96. The first kappa shape index (κ1) is 13.4. The Balaban J connectivity index is 1.41. The molecule has 1 N–H and O–H groups in total. The van der Waals surface area contributed by atoms with Gasteiger partial charge in [0.05, 0.1) is 0 Å². The highest BCUT2D eigenvalue weighted by Crippen LogP contribution is 2.36. The van der Waals surface area contributed by atoms with Gasteiger partial charge in [0.15, 0.2) is 0 Å². The highest BCUT2D eigenvalue weighted by atomic mass is 15.3. The van der Waals surface area contributed by atoms with Gasteiger partial charge in [-0.15, -0.1) is 0 Å². The second-order valence-corrected chi connectivity index (χ2v) is 5.93. The average molecular weight is 269 g/mol. The number of rotatable bonds is 5. The van der Waals surface area contributed by atoms with Crippen LogP contribution < -0.4 is 5.32 Å². The predicted octanol–water partition coefficient (Wildman–Crippen LogP) is 2.81. The van der Waals surface area contributed by atoms with E-state index in [4.69, 9.17) is 0 Å². The van der Waals surface area contributed by atoms with Gasteiger partial charge in [-0.3, -0.25) is 4.68 Å². The zero-order chi connectivity index (χ0) is 13.9. The summed E-state index contributed by atoms with van der Waals surface area (Å²) in [5.41, 5.74) is 4.18. The lowest BCUT2D eigenvalue weighted by atomic mass is 9.75. The molecule has 2 aromatic rings. The van der Waals surface area contributed by atoms with Gasteiger partial charge >= 0.3 is 0 Å². The zero-order valence-electron chi connectivity index (χ0n) is 12.3. The minimum Gasteiger partial charge on any atom is -0.314 e. The van der Waals surface area contributed by atoms with Gasteiger partial charge in [-0.05, 0) is 37.3 Å². The van der Waals surface area contributed by atoms with Crippen LogP contribution in [0.2, 0.25) is 0 Å². The fraction of sp³-hybridized carbons (Fsp3) is 0.471. The van der Waals surface area contributed by atoms with E-state index in [2.05, 4.69) is 47.7 Å². The highest BCUT2D eigenvalue weighted by Gasteiger charge is 2.29. The van der Waals surface area contributed by atoms with E-state index >= 15 is 0 Å². The number of aromatic nitrogens is 2. The summed E-state index contributed by atoms with van der Waals surface area (Å²) >= 11 is 0. The molecule has 1 aliphatic rings. The van der Waals surface area contributed by atoms with Crippen LogP contribution in [0.25, 0.3) is 0 Å². The monoisotopic (exact) mass is 269 g/mol. The lowest BCUT2D eigenvalue weighted by molar-refractivity contribution is 0.292. The molecule has 0 unspecified atom stereocenters. The lowest BCUT2D eigenvalue weighted by Crippen LogP contribution is -2.41. The first-order chi connectivity index (χ1) is 9.72. The Morgan fingerprint density at radius 1 is 1.30 bits per heavy atom. The third-order valence-electron chi connectivity index (χ3n) is 4.39. The first-order valence-electron chi connectivity index (χ1n) is 7.49. The fourth-order valence-corrected chi connectivity index (χ4v) is 3.03. The maximum absolute atomic E-state index is 4.20. The van der Waals surface area contributed by atoms with Crippen LogP contribution in [0.15, 0.2) is 36.5 Å². The summed E-state index contributed by atoms with van der Waals surface area (Å²) in [6.45, 7) is 3.22. The van der Waals surface area contributed by atoms with Crippen molar-refractivity contribution in [1.82, 2.24) is 15.1 Å². The molecule has 106 valence electrons. The maximum Gasteiger partial charge on any atom is 0.0492 e. The molecule has 1 fully saturated rings. The number of hydrogen-bond donors (Lipinski definition) is 1. The summed E-state index contributed by atoms with van der Waals surface area (Å²) in [6, 6.07) is 11.7. The molecule has 1 heterocycles. The fourth-order valence-electron chi connectivity index (χ4n) is 3.03. The molecule has 0 atom stereocenters. The molecule has 0 spiro atoms. The van der Waals surface area contributed by atoms with Gasteiger partial charge < -0.3 is 5.32 Å². The second kappa shape index (κ2) is 5.80. The molecule has 0 saturated heterocycles. The summed E-state index contributed by atoms with van der Waals surface area (Å²) in [7, 11) is 2.01. The largest absolute Gasteiger partial charge is 0.314 e. The molecule has 1 saturated carbocycles. The van der Waals surface area contributed by atoms with Crippen LogP contribution in [-0.2, 0) is 13.5 Å². The van der Waals surface area contributed by atoms with Gasteiger partial charge in [0.25, 0.3) is 0 Å². The molecule has 1 aromatic carbocycles. The number of aryl methyl sites for hydroxylation is 2. The maximum atomic E-state index is 4.20. The van der Waals surface area contributed by atoms with E-state index < -0.39 is 0 Å². The van der Waals surface area contributed by atoms with E-state index in [1.54, 1.807) is 0 Å². The number of benzene rings is 1. The molecule has 0 aliphatic heterocycles. The van der Waals surface area contributed by atoms with Crippen molar-refractivity contribution in [3.8, 4) is 0 Å². The quantitative estimate of drug-likeness (QED) is 0.904. The molecule has 3 nitrogen and oxygen atoms in total. The van der Waals surface area contributed by atoms with Gasteiger partial charge in [-0.2, -0.15) is 5.10 Å². The molecule has 3 rings (SSSR count). The average Bonchev–Trinajstić information content (AvgIpc) is 2.78. The molecule has 3 heteroatoms. The zero-order valence-corrected chi connectivity index (χ0v) is 12.3. The third kappa shape index (κ3) is 2.93. The van der Waals surface area contributed by atoms with Gasteiger partial charge in [-0.25, -0.2) is 0 Å². The van der Waals surface area contributed by atoms with Crippen LogP contribution in [0.3, 0.4) is 0 Å². The van der Waals surface area contributed by atoms with Crippen LogP contribution in [0, 0.1) is 6.92 Å². The Hall–Kier alpha value is -1.61. The van der Waals surface area contributed by atoms with E-state index in [-0.39, 0.29) is 0 Å². The smallest absolute Gasteiger partial charge is 0.0492 e. The Morgan fingerprint density at radius 3 is 2.85 bits per heavy atom. The minimum atomic E-state index is 0.689. The van der Waals surface area contributed by atoms with E-state index in [1.165, 1.54) is 29.7 Å². The van der Waals surface area contributed by atoms with Crippen molar-refractivity contribution in [2.24, 2.45) is 7.05 Å². The van der Waals surface area contributed by atoms with E-state index in [9.17, 15) is 0 Å². The Labute approximate surface area is 121 Å². The molecule has 1 aromatic heterocycles. The Morgan fingerprint density at radius 2 is 2.15 bits per heavy atom. The Bertz CT molecular complexity index is 567. The second-order valence-electron chi connectivity index (χ2n) is 5.93. The third-order valence-corrected chi connectivity index (χ3v) is 4.39. The van der Waals surface area contributed by atoms with Crippen molar-refractivity contribution < 1.29 is 0 Å². The van der Waals surface area contributed by atoms with Crippen LogP contribution in [0.4, 0.5) is 0 Å². The lowest BCUT2D eigenvalue weighted by Gasteiger charge is -2.36. The van der Waals surface area contributed by atoms with Crippen LogP contribution in [0.1, 0.15) is 35.6 Å². The van der Waals surface area contributed by atoms with Crippen molar-refractivity contribution in [3.05, 3.63) is 53.3 Å². The number of nitrogens with one attached hydrogen (secondary N) is 1. The molecule has 0 radical (unpaired) electrons. The number of nitrogens with zero attached hydrogens (tertiary/aromatic N) is 2. The van der Waals surface area contributed by atoms with E-state index in [0.29, 0.717) is 6.04 Å². The van der Waals surface area contributed by atoms with Gasteiger partial charge in [0, 0.05) is 37.9 Å². The van der Waals surface area contributed by atoms with Crippen LogP contribution in [0.5, 0.6) is 0 Å². The SMILES string of the molecule is Cc1cccc(C2CC(NCCc3ccnn3C)C2)c1. The molecule has 0 amide bonds. The molecule has 1 aliphatic carbocycles. The van der Waals surface area contributed by atoms with E-state index in [1.807, 2.05) is 17.9 Å². The van der Waals surface area contributed by atoms with Gasteiger partial charge in [0.1, 0.15) is 0 Å². The van der Waals surface area contributed by atoms with Crippen molar-refractivity contribution in [3.63, 3.8) is 0 Å². The summed E-state index contributed by atoms with van der Waals surface area (Å²) in [5, 5.41) is 7.86. The normalized spacial score (nSPS) is 21.7. The minimum absolute atomic E-state index is 0.689. The van der Waals surface area contributed by atoms with Gasteiger partial charge in [0.2, 0.25) is 0 Å². The topological polar surface area (TPSA) is 29.9 Å². The van der Waals surface area contributed by atoms with Gasteiger partial charge in [-0.1, -0.05) is 29.8 Å². The Kier molecular flexibility index (Phi) is 3.88. The number of hydrogen-bond acceptors (Lipinski definition) is 2. The first-order valence-corrected chi connectivity index (χ1v) is 7.49. The standard InChI is InChI=1S/C17H23N3/c1-13-4-3-5-14(10-13)15-11-16(12-15)18-8-6-17-7-9-19-20(17)2/h3-5,7,9-10,15-16,18H,6,8,11-12H2,1-2H3. The molecular formula is C17H23N3. The highest BCUT2D eigenvalue weighted by molar-refractivity contribution is 5.27. The van der Waals surface area contributed by atoms with Crippen molar-refractivity contribution in [2.75, 3.05) is 6.54 Å². The van der Waals surface area contributed by atoms with Crippen molar-refractivity contribution in [1.29, 1.82) is 0 Å². The summed E-state index contributed by atoms with van der Waals surface area (Å²) in [5.74, 6) is 0.754. The predicted molar refractivity (Wildman–Crippen MR) is 81.9 cm³/mol. The van der Waals surface area contributed by atoms with Crippen LogP contribution in [-0.4, -0.2) is 22.4 Å². The summed E-state index contributed by atoms with van der Waals surface area (Å²) in [6.07, 6.45) is 5.47. The molecular weight excluding hydrogens is 246 g/mol. The van der Waals surface area contributed by atoms with E-state index in [0.717, 1.165) is 18.9 Å². The van der Waals surface area contributed by atoms with Crippen LogP contribution >= 0.6 is 0 Å². The molecule has 20 heavy (non-hydrogen) atoms. The summed E-state index contributed by atoms with van der Waals surface area (Å²) in [4.78, 5) is 0. The van der Waals surface area contributed by atoms with Crippen molar-refractivity contribution in [2.45, 2.75) is 38.1 Å². The molecule has 0 bridgehead atoms.